The number of β-amino-alcohol motifs (C(OH)–C–C–N with tert-alkyl or cyclic N) is 1. The Morgan fingerprint density at radius 3 is 2.26 bits per heavy atom. The summed E-state index contributed by atoms with van der Waals surface area (Å²) in [7, 11) is -2.34. The van der Waals surface area contributed by atoms with E-state index in [9.17, 15) is 18.3 Å². The van der Waals surface area contributed by atoms with Gasteiger partial charge in [0.15, 0.2) is 0 Å². The molecule has 0 saturated heterocycles. The highest BCUT2D eigenvalue weighted by atomic mass is 32.2. The highest BCUT2D eigenvalue weighted by Crippen LogP contribution is 2.32. The van der Waals surface area contributed by atoms with E-state index in [2.05, 4.69) is 43.4 Å². The second-order valence-electron chi connectivity index (χ2n) is 11.2. The Kier molecular flexibility index (Phi) is 8.91. The van der Waals surface area contributed by atoms with Crippen molar-refractivity contribution in [3.63, 3.8) is 0 Å². The number of fused-ring (bicyclic) bond motifs is 1. The molecule has 7 nitrogen and oxygen atoms in total. The number of nitrogens with zero attached hydrogens (tertiary/aromatic N) is 1. The minimum absolute atomic E-state index is 0.0333. The number of carboxylic acids is 1. The SMILES string of the molecule is CN(C[C@H](O)CNC(C)(C)CC1Cc2ccccc2C1)S(=O)(=O)c1cccc(-c2ccc(CC(=O)O)cc2)c1. The normalized spacial score (nSPS) is 14.9. The molecule has 3 aromatic carbocycles. The maximum absolute atomic E-state index is 13.3. The van der Waals surface area contributed by atoms with Gasteiger partial charge < -0.3 is 15.5 Å². The van der Waals surface area contributed by atoms with Gasteiger partial charge >= 0.3 is 5.97 Å². The molecule has 1 aliphatic carbocycles. The molecule has 208 valence electrons. The number of likely N-dealkylation sites (N-methyl/N-ethyl adjacent to an activating group) is 1. The van der Waals surface area contributed by atoms with Crippen molar-refractivity contribution >= 4 is 16.0 Å². The quantitative estimate of drug-likeness (QED) is 0.313. The molecule has 0 amide bonds. The molecule has 0 saturated carbocycles. The largest absolute Gasteiger partial charge is 0.481 e. The molecular weight excluding hydrogens is 512 g/mol. The lowest BCUT2D eigenvalue weighted by Crippen LogP contribution is -2.47. The molecule has 0 heterocycles. The first-order valence-corrected chi connectivity index (χ1v) is 14.7. The van der Waals surface area contributed by atoms with E-state index in [1.165, 1.54) is 22.5 Å². The van der Waals surface area contributed by atoms with Crippen LogP contribution < -0.4 is 5.32 Å². The predicted octanol–water partition coefficient (Wildman–Crippen LogP) is 4.14. The third-order valence-corrected chi connectivity index (χ3v) is 9.22. The van der Waals surface area contributed by atoms with Gasteiger partial charge in [0.1, 0.15) is 0 Å². The van der Waals surface area contributed by atoms with Gasteiger partial charge in [-0.05, 0) is 79.0 Å². The van der Waals surface area contributed by atoms with Crippen LogP contribution in [0, 0.1) is 5.92 Å². The summed E-state index contributed by atoms with van der Waals surface area (Å²) < 4.78 is 27.8. The fraction of sp³-hybridized carbons (Fsp3) is 0.387. The Morgan fingerprint density at radius 2 is 1.64 bits per heavy atom. The molecule has 4 rings (SSSR count). The molecule has 39 heavy (non-hydrogen) atoms. The van der Waals surface area contributed by atoms with Crippen LogP contribution in [0.3, 0.4) is 0 Å². The van der Waals surface area contributed by atoms with E-state index < -0.39 is 22.1 Å². The van der Waals surface area contributed by atoms with E-state index in [1.807, 2.05) is 6.07 Å². The molecule has 0 unspecified atom stereocenters. The van der Waals surface area contributed by atoms with Crippen LogP contribution in [0.4, 0.5) is 0 Å². The molecular formula is C31H38N2O5S. The molecule has 0 aromatic heterocycles. The highest BCUT2D eigenvalue weighted by molar-refractivity contribution is 7.89. The van der Waals surface area contributed by atoms with Crippen molar-refractivity contribution in [3.8, 4) is 11.1 Å². The van der Waals surface area contributed by atoms with Crippen molar-refractivity contribution in [2.75, 3.05) is 20.1 Å². The van der Waals surface area contributed by atoms with E-state index in [0.717, 1.165) is 24.8 Å². The molecule has 3 aromatic rings. The Balaban J connectivity index is 1.33. The summed E-state index contributed by atoms with van der Waals surface area (Å²) in [6.07, 6.45) is 2.16. The first-order chi connectivity index (χ1) is 18.4. The Labute approximate surface area is 231 Å². The minimum Gasteiger partial charge on any atom is -0.481 e. The van der Waals surface area contributed by atoms with Gasteiger partial charge in [-0.25, -0.2) is 8.42 Å². The van der Waals surface area contributed by atoms with E-state index in [1.54, 1.807) is 42.5 Å². The van der Waals surface area contributed by atoms with Gasteiger partial charge in [0.25, 0.3) is 0 Å². The second-order valence-corrected chi connectivity index (χ2v) is 13.3. The predicted molar refractivity (Wildman–Crippen MR) is 153 cm³/mol. The fourth-order valence-electron chi connectivity index (χ4n) is 5.45. The average Bonchev–Trinajstić information content (AvgIpc) is 3.29. The van der Waals surface area contributed by atoms with Gasteiger partial charge in [-0.1, -0.05) is 60.7 Å². The average molecular weight is 551 g/mol. The zero-order chi connectivity index (χ0) is 28.2. The van der Waals surface area contributed by atoms with Gasteiger partial charge in [-0.3, -0.25) is 4.79 Å². The van der Waals surface area contributed by atoms with Crippen LogP contribution in [0.1, 0.15) is 37.0 Å². The molecule has 0 bridgehead atoms. The van der Waals surface area contributed by atoms with E-state index in [-0.39, 0.29) is 29.9 Å². The topological polar surface area (TPSA) is 107 Å². The van der Waals surface area contributed by atoms with E-state index >= 15 is 0 Å². The third-order valence-electron chi connectivity index (χ3n) is 7.40. The summed E-state index contributed by atoms with van der Waals surface area (Å²) in [4.78, 5) is 11.1. The number of sulfonamides is 1. The van der Waals surface area contributed by atoms with Crippen molar-refractivity contribution in [2.45, 2.75) is 56.1 Å². The first kappa shape index (κ1) is 29.0. The lowest BCUT2D eigenvalue weighted by molar-refractivity contribution is -0.136. The number of hydrogen-bond donors (Lipinski definition) is 3. The number of carboxylic acid groups (broad SMARTS) is 1. The molecule has 8 heteroatoms. The van der Waals surface area contributed by atoms with E-state index in [0.29, 0.717) is 17.0 Å². The molecule has 1 aliphatic rings. The number of aliphatic carboxylic acids is 1. The van der Waals surface area contributed by atoms with E-state index in [4.69, 9.17) is 5.11 Å². The molecule has 0 fully saturated rings. The van der Waals surface area contributed by atoms with Crippen molar-refractivity contribution in [1.82, 2.24) is 9.62 Å². The number of rotatable bonds is 12. The lowest BCUT2D eigenvalue weighted by Gasteiger charge is -2.31. The van der Waals surface area contributed by atoms with Gasteiger partial charge in [-0.15, -0.1) is 0 Å². The van der Waals surface area contributed by atoms with Crippen LogP contribution >= 0.6 is 0 Å². The smallest absolute Gasteiger partial charge is 0.307 e. The van der Waals surface area contributed by atoms with Gasteiger partial charge in [0.2, 0.25) is 10.0 Å². The number of aliphatic hydroxyl groups excluding tert-OH is 1. The van der Waals surface area contributed by atoms with Crippen molar-refractivity contribution < 1.29 is 23.4 Å². The zero-order valence-electron chi connectivity index (χ0n) is 22.8. The molecule has 3 N–H and O–H groups in total. The van der Waals surface area contributed by atoms with Gasteiger partial charge in [0, 0.05) is 25.7 Å². The van der Waals surface area contributed by atoms with Gasteiger partial charge in [-0.2, -0.15) is 4.31 Å². The number of aliphatic hydroxyl groups is 1. The number of nitrogens with one attached hydrogen (secondary N) is 1. The molecule has 0 spiro atoms. The highest BCUT2D eigenvalue weighted by Gasteiger charge is 2.29. The van der Waals surface area contributed by atoms with Crippen LogP contribution in [0.2, 0.25) is 0 Å². The second kappa shape index (κ2) is 12.0. The van der Waals surface area contributed by atoms with Crippen LogP contribution in [0.5, 0.6) is 0 Å². The first-order valence-electron chi connectivity index (χ1n) is 13.3. The maximum Gasteiger partial charge on any atom is 0.307 e. The Hall–Kier alpha value is -3.04. The summed E-state index contributed by atoms with van der Waals surface area (Å²) in [5.74, 6) is -0.356. The third kappa shape index (κ3) is 7.54. The Bertz CT molecular complexity index is 1380. The number of benzene rings is 3. The maximum atomic E-state index is 13.3. The van der Waals surface area contributed by atoms with Crippen molar-refractivity contribution in [1.29, 1.82) is 0 Å². The number of hydrogen-bond acceptors (Lipinski definition) is 5. The lowest BCUT2D eigenvalue weighted by atomic mass is 9.88. The summed E-state index contributed by atoms with van der Waals surface area (Å²) in [5.41, 5.74) is 4.83. The monoisotopic (exact) mass is 550 g/mol. The summed E-state index contributed by atoms with van der Waals surface area (Å²) in [5, 5.41) is 23.1. The summed E-state index contributed by atoms with van der Waals surface area (Å²) >= 11 is 0. The van der Waals surface area contributed by atoms with Crippen LogP contribution in [-0.4, -0.2) is 60.7 Å². The van der Waals surface area contributed by atoms with Gasteiger partial charge in [0.05, 0.1) is 17.4 Å². The van der Waals surface area contributed by atoms with Crippen LogP contribution in [0.15, 0.2) is 77.7 Å². The van der Waals surface area contributed by atoms with Crippen LogP contribution in [-0.2, 0) is 34.1 Å². The summed E-state index contributed by atoms with van der Waals surface area (Å²) in [6.45, 7) is 4.51. The molecule has 0 radical (unpaired) electrons. The Morgan fingerprint density at radius 1 is 1.00 bits per heavy atom. The van der Waals surface area contributed by atoms with Crippen LogP contribution in [0.25, 0.3) is 11.1 Å². The zero-order valence-corrected chi connectivity index (χ0v) is 23.6. The number of carbonyl (C=O) groups is 1. The molecule has 1 atom stereocenters. The van der Waals surface area contributed by atoms with Crippen molar-refractivity contribution in [3.05, 3.63) is 89.5 Å². The minimum atomic E-state index is -3.82. The standard InChI is InChI=1S/C31H38N2O5S/c1-31(2,19-23-15-25-7-4-5-8-26(25)16-23)32-20-28(34)21-33(3)39(37,38)29-10-6-9-27(18-29)24-13-11-22(12-14-24)17-30(35)36/h4-14,18,23,28,32,34H,15-17,19-21H2,1-3H3,(H,35,36)/t28-/m1/s1. The molecule has 0 aliphatic heterocycles. The van der Waals surface area contributed by atoms with Crippen molar-refractivity contribution in [2.24, 2.45) is 5.92 Å². The summed E-state index contributed by atoms with van der Waals surface area (Å²) in [6, 6.07) is 22.2. The fourth-order valence-corrected chi connectivity index (χ4v) is 6.70.